The van der Waals surface area contributed by atoms with Crippen LogP contribution in [0.2, 0.25) is 0 Å². The molecule has 3 rings (SSSR count). The maximum Gasteiger partial charge on any atom is 0.241 e. The van der Waals surface area contributed by atoms with Crippen LogP contribution in [0.4, 0.5) is 5.69 Å². The quantitative estimate of drug-likeness (QED) is 0.637. The van der Waals surface area contributed by atoms with Crippen LogP contribution in [0.3, 0.4) is 0 Å². The number of rotatable bonds is 8. The van der Waals surface area contributed by atoms with E-state index in [1.807, 2.05) is 37.3 Å². The number of carbonyl (C=O) groups excluding carboxylic acids is 2. The van der Waals surface area contributed by atoms with E-state index in [1.54, 1.807) is 30.9 Å². The summed E-state index contributed by atoms with van der Waals surface area (Å²) in [6.07, 6.45) is 1.26. The second-order valence-electron chi connectivity index (χ2n) is 8.60. The molecule has 8 heteroatoms. The molecule has 0 fully saturated rings. The molecule has 0 aliphatic carbocycles. The molecule has 2 aromatic carbocycles. The number of nitrogens with one attached hydrogen (secondary N) is 2. The van der Waals surface area contributed by atoms with Crippen LogP contribution in [0.1, 0.15) is 38.8 Å². The number of hydrogen-bond donors (Lipinski definition) is 2. The van der Waals surface area contributed by atoms with E-state index in [0.29, 0.717) is 19.4 Å². The van der Waals surface area contributed by atoms with Crippen LogP contribution in [-0.4, -0.2) is 38.9 Å². The van der Waals surface area contributed by atoms with E-state index < -0.39 is 16.1 Å². The summed E-state index contributed by atoms with van der Waals surface area (Å²) in [5, 5.41) is 2.84. The molecule has 2 amide bonds. The van der Waals surface area contributed by atoms with Crippen LogP contribution in [0.25, 0.3) is 0 Å². The molecule has 2 atom stereocenters. The van der Waals surface area contributed by atoms with Gasteiger partial charge in [-0.25, -0.2) is 8.42 Å². The standard InChI is InChI=1S/C24H31N3O4S/c1-16(2)23(24(29)25-13-12-19-8-6-5-7-9-19)26-32(30,31)21-10-11-22-20(15-21)14-17(3)27(22)18(4)28/h5-11,15-17,23,26H,12-14H2,1-4H3,(H,25,29)/t17-,23+/m0/s1. The van der Waals surface area contributed by atoms with Gasteiger partial charge in [-0.2, -0.15) is 4.72 Å². The third-order valence-electron chi connectivity index (χ3n) is 5.70. The van der Waals surface area contributed by atoms with Crippen molar-refractivity contribution in [1.29, 1.82) is 0 Å². The summed E-state index contributed by atoms with van der Waals surface area (Å²) in [6.45, 7) is 7.47. The summed E-state index contributed by atoms with van der Waals surface area (Å²) < 4.78 is 28.7. The van der Waals surface area contributed by atoms with Crippen LogP contribution >= 0.6 is 0 Å². The molecule has 1 aliphatic heterocycles. The van der Waals surface area contributed by atoms with Crippen molar-refractivity contribution in [2.75, 3.05) is 11.4 Å². The van der Waals surface area contributed by atoms with Gasteiger partial charge < -0.3 is 10.2 Å². The van der Waals surface area contributed by atoms with Crippen molar-refractivity contribution in [2.24, 2.45) is 5.92 Å². The Balaban J connectivity index is 1.71. The van der Waals surface area contributed by atoms with E-state index in [2.05, 4.69) is 10.0 Å². The summed E-state index contributed by atoms with van der Waals surface area (Å²) in [5.74, 6) is -0.654. The molecule has 1 heterocycles. The molecule has 0 bridgehead atoms. The average molecular weight is 458 g/mol. The maximum absolute atomic E-state index is 13.1. The van der Waals surface area contributed by atoms with Gasteiger partial charge >= 0.3 is 0 Å². The predicted octanol–water partition coefficient (Wildman–Crippen LogP) is 2.65. The zero-order valence-electron chi connectivity index (χ0n) is 19.0. The van der Waals surface area contributed by atoms with Crippen LogP contribution in [-0.2, 0) is 32.5 Å². The van der Waals surface area contributed by atoms with Gasteiger partial charge in [-0.3, -0.25) is 9.59 Å². The molecule has 0 unspecified atom stereocenters. The number of carbonyl (C=O) groups is 2. The van der Waals surface area contributed by atoms with Gasteiger partial charge in [0, 0.05) is 25.2 Å². The number of sulfonamides is 1. The molecule has 1 aliphatic rings. The second kappa shape index (κ2) is 9.83. The van der Waals surface area contributed by atoms with E-state index in [-0.39, 0.29) is 28.7 Å². The van der Waals surface area contributed by atoms with Crippen molar-refractivity contribution >= 4 is 27.5 Å². The van der Waals surface area contributed by atoms with Crippen molar-refractivity contribution in [3.63, 3.8) is 0 Å². The summed E-state index contributed by atoms with van der Waals surface area (Å²) in [4.78, 5) is 26.4. The molecule has 2 aromatic rings. The first kappa shape index (κ1) is 23.9. The van der Waals surface area contributed by atoms with Gasteiger partial charge in [0.05, 0.1) is 4.90 Å². The Morgan fingerprint density at radius 2 is 1.81 bits per heavy atom. The first-order valence-corrected chi connectivity index (χ1v) is 12.3. The van der Waals surface area contributed by atoms with E-state index in [9.17, 15) is 18.0 Å². The van der Waals surface area contributed by atoms with Crippen LogP contribution in [0.5, 0.6) is 0 Å². The highest BCUT2D eigenvalue weighted by molar-refractivity contribution is 7.89. The van der Waals surface area contributed by atoms with Crippen molar-refractivity contribution in [3.8, 4) is 0 Å². The van der Waals surface area contributed by atoms with Crippen LogP contribution in [0.15, 0.2) is 53.4 Å². The lowest BCUT2D eigenvalue weighted by atomic mass is 10.0. The molecule has 0 aromatic heterocycles. The largest absolute Gasteiger partial charge is 0.354 e. The van der Waals surface area contributed by atoms with Gasteiger partial charge in [-0.15, -0.1) is 0 Å². The summed E-state index contributed by atoms with van der Waals surface area (Å²) in [7, 11) is -3.92. The molecule has 0 spiro atoms. The lowest BCUT2D eigenvalue weighted by molar-refractivity contribution is -0.123. The molecule has 0 saturated heterocycles. The first-order chi connectivity index (χ1) is 15.1. The van der Waals surface area contributed by atoms with E-state index in [0.717, 1.165) is 16.8 Å². The molecule has 0 saturated carbocycles. The number of benzene rings is 2. The molecule has 172 valence electrons. The third-order valence-corrected chi connectivity index (χ3v) is 7.14. The van der Waals surface area contributed by atoms with Crippen molar-refractivity contribution in [1.82, 2.24) is 10.0 Å². The highest BCUT2D eigenvalue weighted by atomic mass is 32.2. The first-order valence-electron chi connectivity index (χ1n) is 10.9. The van der Waals surface area contributed by atoms with Crippen molar-refractivity contribution < 1.29 is 18.0 Å². The average Bonchev–Trinajstić information content (AvgIpc) is 3.07. The monoisotopic (exact) mass is 457 g/mol. The Morgan fingerprint density at radius 3 is 2.44 bits per heavy atom. The fraction of sp³-hybridized carbons (Fsp3) is 0.417. The molecule has 2 N–H and O–H groups in total. The summed E-state index contributed by atoms with van der Waals surface area (Å²) in [6, 6.07) is 13.6. The summed E-state index contributed by atoms with van der Waals surface area (Å²) >= 11 is 0. The van der Waals surface area contributed by atoms with Crippen LogP contribution < -0.4 is 14.9 Å². The van der Waals surface area contributed by atoms with Gasteiger partial charge in [-0.1, -0.05) is 44.2 Å². The highest BCUT2D eigenvalue weighted by Gasteiger charge is 2.32. The van der Waals surface area contributed by atoms with E-state index in [1.165, 1.54) is 13.0 Å². The fourth-order valence-corrected chi connectivity index (χ4v) is 5.46. The maximum atomic E-state index is 13.1. The van der Waals surface area contributed by atoms with Gasteiger partial charge in [0.25, 0.3) is 0 Å². The molecule has 32 heavy (non-hydrogen) atoms. The second-order valence-corrected chi connectivity index (χ2v) is 10.3. The minimum Gasteiger partial charge on any atom is -0.354 e. The van der Waals surface area contributed by atoms with Gasteiger partial charge in [-0.05, 0) is 55.0 Å². The number of fused-ring (bicyclic) bond motifs is 1. The summed E-state index contributed by atoms with van der Waals surface area (Å²) in [5.41, 5.74) is 2.65. The van der Waals surface area contributed by atoms with E-state index >= 15 is 0 Å². The number of amides is 2. The van der Waals surface area contributed by atoms with Gasteiger partial charge in [0.1, 0.15) is 6.04 Å². The topological polar surface area (TPSA) is 95.6 Å². The Hall–Kier alpha value is -2.71. The van der Waals surface area contributed by atoms with Crippen molar-refractivity contribution in [2.45, 2.75) is 57.5 Å². The van der Waals surface area contributed by atoms with E-state index in [4.69, 9.17) is 0 Å². The Bertz CT molecular complexity index is 1080. The minimum atomic E-state index is -3.92. The zero-order chi connectivity index (χ0) is 23.5. The zero-order valence-corrected chi connectivity index (χ0v) is 19.8. The fourth-order valence-electron chi connectivity index (χ4n) is 4.07. The van der Waals surface area contributed by atoms with Crippen molar-refractivity contribution in [3.05, 3.63) is 59.7 Å². The van der Waals surface area contributed by atoms with Gasteiger partial charge in [0.2, 0.25) is 21.8 Å². The lowest BCUT2D eigenvalue weighted by Gasteiger charge is -2.22. The minimum absolute atomic E-state index is 0.0211. The number of anilines is 1. The highest BCUT2D eigenvalue weighted by Crippen LogP contribution is 2.34. The Morgan fingerprint density at radius 1 is 1.12 bits per heavy atom. The molecule has 0 radical (unpaired) electrons. The third kappa shape index (κ3) is 5.37. The lowest BCUT2D eigenvalue weighted by Crippen LogP contribution is -2.49. The molecular weight excluding hydrogens is 426 g/mol. The molecular formula is C24H31N3O4S. The Labute approximate surface area is 190 Å². The van der Waals surface area contributed by atoms with Crippen LogP contribution in [0, 0.1) is 5.92 Å². The van der Waals surface area contributed by atoms with Gasteiger partial charge in [0.15, 0.2) is 0 Å². The normalized spacial score (nSPS) is 16.7. The molecule has 7 nitrogen and oxygen atoms in total. The SMILES string of the molecule is CC(=O)N1c2ccc(S(=O)(=O)N[C@@H](C(=O)NCCc3ccccc3)C(C)C)cc2C[C@@H]1C. The predicted molar refractivity (Wildman–Crippen MR) is 125 cm³/mol. The number of hydrogen-bond acceptors (Lipinski definition) is 4. The Kier molecular flexibility index (Phi) is 7.36. The number of nitrogens with zero attached hydrogens (tertiary/aromatic N) is 1. The smallest absolute Gasteiger partial charge is 0.241 e.